The number of rotatable bonds is 6. The number of hydrogen-bond donors (Lipinski definition) is 1. The third-order valence-electron chi connectivity index (χ3n) is 3.61. The van der Waals surface area contributed by atoms with Crippen molar-refractivity contribution < 1.29 is 9.59 Å². The normalized spacial score (nSPS) is 10.4. The van der Waals surface area contributed by atoms with Gasteiger partial charge in [0.1, 0.15) is 5.69 Å². The van der Waals surface area contributed by atoms with E-state index in [1.54, 1.807) is 36.2 Å². The summed E-state index contributed by atoms with van der Waals surface area (Å²) in [6, 6.07) is 7.85. The molecule has 1 aromatic carbocycles. The van der Waals surface area contributed by atoms with Crippen LogP contribution in [-0.2, 0) is 0 Å². The second kappa shape index (κ2) is 8.83. The predicted octanol–water partition coefficient (Wildman–Crippen LogP) is 4.51. The van der Waals surface area contributed by atoms with Crippen LogP contribution < -0.4 is 5.32 Å². The second-order valence-electron chi connectivity index (χ2n) is 5.59. The van der Waals surface area contributed by atoms with Crippen LogP contribution in [0.2, 0.25) is 10.0 Å². The highest BCUT2D eigenvalue weighted by Crippen LogP contribution is 2.25. The molecular weight excluding hydrogens is 361 g/mol. The van der Waals surface area contributed by atoms with Crippen LogP contribution in [0.25, 0.3) is 0 Å². The topological polar surface area (TPSA) is 62.3 Å². The van der Waals surface area contributed by atoms with Gasteiger partial charge in [0.15, 0.2) is 0 Å². The quantitative estimate of drug-likeness (QED) is 0.802. The molecule has 25 heavy (non-hydrogen) atoms. The van der Waals surface area contributed by atoms with Crippen molar-refractivity contribution in [3.8, 4) is 0 Å². The molecule has 1 aromatic heterocycles. The van der Waals surface area contributed by atoms with Crippen LogP contribution in [0.4, 0.5) is 5.69 Å². The van der Waals surface area contributed by atoms with Gasteiger partial charge in [-0.15, -0.1) is 0 Å². The molecule has 0 saturated heterocycles. The van der Waals surface area contributed by atoms with E-state index >= 15 is 0 Å². The first-order valence-electron chi connectivity index (χ1n) is 7.90. The zero-order valence-corrected chi connectivity index (χ0v) is 15.6. The Bertz CT molecular complexity index is 781. The average molecular weight is 380 g/mol. The number of unbranched alkanes of at least 4 members (excludes halogenated alkanes) is 1. The number of benzene rings is 1. The summed E-state index contributed by atoms with van der Waals surface area (Å²) in [5.41, 5.74) is 1.10. The van der Waals surface area contributed by atoms with Crippen molar-refractivity contribution in [2.45, 2.75) is 19.8 Å². The molecule has 0 atom stereocenters. The van der Waals surface area contributed by atoms with Crippen LogP contribution >= 0.6 is 23.2 Å². The Labute approximate surface area is 157 Å². The maximum absolute atomic E-state index is 12.4. The van der Waals surface area contributed by atoms with Crippen molar-refractivity contribution in [3.63, 3.8) is 0 Å². The van der Waals surface area contributed by atoms with Gasteiger partial charge in [-0.1, -0.05) is 36.5 Å². The van der Waals surface area contributed by atoms with E-state index in [1.165, 1.54) is 12.3 Å². The van der Waals surface area contributed by atoms with Crippen LogP contribution in [0.1, 0.15) is 40.6 Å². The molecule has 2 rings (SSSR count). The van der Waals surface area contributed by atoms with Gasteiger partial charge in [0.2, 0.25) is 0 Å². The van der Waals surface area contributed by atoms with Crippen LogP contribution in [0.15, 0.2) is 36.5 Å². The maximum Gasteiger partial charge on any atom is 0.272 e. The average Bonchev–Trinajstić information content (AvgIpc) is 2.62. The van der Waals surface area contributed by atoms with Gasteiger partial charge in [-0.05, 0) is 36.8 Å². The van der Waals surface area contributed by atoms with Gasteiger partial charge in [-0.2, -0.15) is 0 Å². The monoisotopic (exact) mass is 379 g/mol. The molecule has 1 N–H and O–H groups in total. The van der Waals surface area contributed by atoms with Gasteiger partial charge in [0, 0.05) is 31.0 Å². The molecule has 0 bridgehead atoms. The van der Waals surface area contributed by atoms with Crippen molar-refractivity contribution in [3.05, 3.63) is 57.8 Å². The molecule has 2 aromatic rings. The van der Waals surface area contributed by atoms with Gasteiger partial charge in [0.25, 0.3) is 11.8 Å². The minimum absolute atomic E-state index is 0.211. The van der Waals surface area contributed by atoms with Crippen molar-refractivity contribution in [2.24, 2.45) is 0 Å². The number of halogens is 2. The van der Waals surface area contributed by atoms with E-state index in [0.717, 1.165) is 12.8 Å². The third kappa shape index (κ3) is 5.18. The van der Waals surface area contributed by atoms with Gasteiger partial charge in [-0.3, -0.25) is 14.6 Å². The molecule has 7 heteroatoms. The number of nitrogens with zero attached hydrogens (tertiary/aromatic N) is 2. The fraction of sp³-hybridized carbons (Fsp3) is 0.278. The fourth-order valence-corrected chi connectivity index (χ4v) is 2.46. The Morgan fingerprint density at radius 3 is 2.60 bits per heavy atom. The molecule has 0 spiro atoms. The van der Waals surface area contributed by atoms with Gasteiger partial charge in [-0.25, -0.2) is 0 Å². The number of carbonyl (C=O) groups is 2. The summed E-state index contributed by atoms with van der Waals surface area (Å²) in [5, 5.41) is 3.48. The van der Waals surface area contributed by atoms with Crippen molar-refractivity contribution in [1.82, 2.24) is 9.88 Å². The Morgan fingerprint density at radius 1 is 1.16 bits per heavy atom. The van der Waals surface area contributed by atoms with Crippen LogP contribution in [0, 0.1) is 0 Å². The van der Waals surface area contributed by atoms with E-state index in [-0.39, 0.29) is 17.5 Å². The van der Waals surface area contributed by atoms with E-state index in [4.69, 9.17) is 23.2 Å². The first-order valence-corrected chi connectivity index (χ1v) is 8.66. The molecule has 0 aliphatic carbocycles. The highest BCUT2D eigenvalue weighted by Gasteiger charge is 2.15. The number of hydrogen-bond acceptors (Lipinski definition) is 3. The lowest BCUT2D eigenvalue weighted by Gasteiger charge is -2.16. The summed E-state index contributed by atoms with van der Waals surface area (Å²) in [6.45, 7) is 2.71. The minimum atomic E-state index is -0.356. The lowest BCUT2D eigenvalue weighted by atomic mass is 10.2. The van der Waals surface area contributed by atoms with Crippen molar-refractivity contribution in [1.29, 1.82) is 0 Å². The summed E-state index contributed by atoms with van der Waals surface area (Å²) < 4.78 is 0. The highest BCUT2D eigenvalue weighted by atomic mass is 35.5. The van der Waals surface area contributed by atoms with Gasteiger partial charge in [0.05, 0.1) is 10.0 Å². The lowest BCUT2D eigenvalue weighted by molar-refractivity contribution is 0.0787. The van der Waals surface area contributed by atoms with E-state index in [1.807, 2.05) is 0 Å². The fourth-order valence-electron chi connectivity index (χ4n) is 2.16. The molecule has 1 heterocycles. The van der Waals surface area contributed by atoms with Gasteiger partial charge < -0.3 is 10.2 Å². The molecule has 132 valence electrons. The Hall–Kier alpha value is -2.11. The largest absolute Gasteiger partial charge is 0.340 e. The Morgan fingerprint density at radius 2 is 1.92 bits per heavy atom. The smallest absolute Gasteiger partial charge is 0.272 e. The highest BCUT2D eigenvalue weighted by molar-refractivity contribution is 6.42. The Balaban J connectivity index is 2.13. The zero-order valence-electron chi connectivity index (χ0n) is 14.1. The number of aromatic nitrogens is 1. The standard InChI is InChI=1S/C18H19Cl2N3O2/c1-3-4-9-23(2)18(25)16-10-12(7-8-21-16)17(24)22-13-5-6-14(19)15(20)11-13/h5-8,10-11H,3-4,9H2,1-2H3,(H,22,24). The molecule has 2 amide bonds. The van der Waals surface area contributed by atoms with Crippen molar-refractivity contribution >= 4 is 40.7 Å². The minimum Gasteiger partial charge on any atom is -0.340 e. The molecular formula is C18H19Cl2N3O2. The van der Waals surface area contributed by atoms with E-state index in [2.05, 4.69) is 17.2 Å². The third-order valence-corrected chi connectivity index (χ3v) is 4.35. The predicted molar refractivity (Wildman–Crippen MR) is 101 cm³/mol. The lowest BCUT2D eigenvalue weighted by Crippen LogP contribution is -2.28. The maximum atomic E-state index is 12.4. The number of nitrogens with one attached hydrogen (secondary N) is 1. The number of anilines is 1. The summed E-state index contributed by atoms with van der Waals surface area (Å²) >= 11 is 11.8. The first-order chi connectivity index (χ1) is 11.9. The van der Waals surface area contributed by atoms with Crippen molar-refractivity contribution in [2.75, 3.05) is 18.9 Å². The van der Waals surface area contributed by atoms with Gasteiger partial charge >= 0.3 is 0 Å². The van der Waals surface area contributed by atoms with E-state index in [0.29, 0.717) is 27.8 Å². The summed E-state index contributed by atoms with van der Waals surface area (Å²) in [5.74, 6) is -0.566. The molecule has 0 aliphatic rings. The summed E-state index contributed by atoms with van der Waals surface area (Å²) in [7, 11) is 1.72. The summed E-state index contributed by atoms with van der Waals surface area (Å²) in [6.07, 6.45) is 3.36. The molecule has 0 aliphatic heterocycles. The first kappa shape index (κ1) is 19.2. The number of pyridine rings is 1. The number of amides is 2. The Kier molecular flexibility index (Phi) is 6.79. The molecule has 5 nitrogen and oxygen atoms in total. The SMILES string of the molecule is CCCCN(C)C(=O)c1cc(C(=O)Nc2ccc(Cl)c(Cl)c2)ccn1. The molecule has 0 radical (unpaired) electrons. The van der Waals surface area contributed by atoms with E-state index in [9.17, 15) is 9.59 Å². The molecule has 0 unspecified atom stereocenters. The van der Waals surface area contributed by atoms with Crippen LogP contribution in [-0.4, -0.2) is 35.3 Å². The number of carbonyl (C=O) groups excluding carboxylic acids is 2. The summed E-state index contributed by atoms with van der Waals surface area (Å²) in [4.78, 5) is 30.4. The molecule has 0 fully saturated rings. The molecule has 0 saturated carbocycles. The second-order valence-corrected chi connectivity index (χ2v) is 6.41. The zero-order chi connectivity index (χ0) is 18.4. The van der Waals surface area contributed by atoms with Crippen LogP contribution in [0.5, 0.6) is 0 Å². The van der Waals surface area contributed by atoms with E-state index < -0.39 is 0 Å². The van der Waals surface area contributed by atoms with Crippen LogP contribution in [0.3, 0.4) is 0 Å².